The molecule has 2 atom stereocenters. The molecule has 2 aliphatic rings. The van der Waals surface area contributed by atoms with Gasteiger partial charge in [-0.2, -0.15) is 0 Å². The molecule has 2 aliphatic heterocycles. The molecule has 0 bridgehead atoms. The van der Waals surface area contributed by atoms with Gasteiger partial charge in [0.1, 0.15) is 0 Å². The predicted octanol–water partition coefficient (Wildman–Crippen LogP) is 2.91. The summed E-state index contributed by atoms with van der Waals surface area (Å²) in [5.74, 6) is 0. The molecule has 0 aromatic heterocycles. The van der Waals surface area contributed by atoms with Crippen LogP contribution in [0.4, 0.5) is 5.69 Å². The summed E-state index contributed by atoms with van der Waals surface area (Å²) in [5, 5.41) is 3.20. The molecule has 1 aromatic rings. The van der Waals surface area contributed by atoms with Gasteiger partial charge in [-0.25, -0.2) is 0 Å². The molecule has 1 aromatic carbocycles. The summed E-state index contributed by atoms with van der Waals surface area (Å²) < 4.78 is 11.5. The molecule has 4 nitrogen and oxygen atoms in total. The number of nitrogens with one attached hydrogen (secondary N) is 1. The zero-order valence-corrected chi connectivity index (χ0v) is 14.4. The van der Waals surface area contributed by atoms with Crippen molar-refractivity contribution in [3.05, 3.63) is 28.7 Å². The summed E-state index contributed by atoms with van der Waals surface area (Å²) in [6.45, 7) is 4.27. The first-order valence-corrected chi connectivity index (χ1v) is 8.29. The summed E-state index contributed by atoms with van der Waals surface area (Å²) in [5.41, 5.74) is 1.28. The predicted molar refractivity (Wildman–Crippen MR) is 92.2 cm³/mol. The maximum Gasteiger partial charge on any atom is 0.0762 e. The van der Waals surface area contributed by atoms with Gasteiger partial charge in [0, 0.05) is 45.4 Å². The highest BCUT2D eigenvalue weighted by Crippen LogP contribution is 2.23. The van der Waals surface area contributed by atoms with E-state index in [0.717, 1.165) is 37.1 Å². The molecular weight excluding hydrogens is 332 g/mol. The zero-order valence-electron chi connectivity index (χ0n) is 12.8. The Kier molecular flexibility index (Phi) is 6.96. The SMILES string of the molecule is COC1CCN(c2ccc(Br)cc2)C1.COC1CCNC1.[HH]. The number of rotatable bonds is 3. The van der Waals surface area contributed by atoms with Crippen molar-refractivity contribution in [1.82, 2.24) is 5.32 Å². The average molecular weight is 359 g/mol. The van der Waals surface area contributed by atoms with Crippen LogP contribution in [0.2, 0.25) is 0 Å². The van der Waals surface area contributed by atoms with E-state index in [1.54, 1.807) is 14.2 Å². The third-order valence-electron chi connectivity index (χ3n) is 4.02. The van der Waals surface area contributed by atoms with Crippen molar-refractivity contribution < 1.29 is 10.9 Å². The van der Waals surface area contributed by atoms with Crippen molar-refractivity contribution in [2.75, 3.05) is 45.3 Å². The Balaban J connectivity index is 0.000000258. The van der Waals surface area contributed by atoms with Gasteiger partial charge in [0.2, 0.25) is 0 Å². The summed E-state index contributed by atoms with van der Waals surface area (Å²) in [4.78, 5) is 2.36. The minimum absolute atomic E-state index is 0. The molecule has 1 N–H and O–H groups in total. The van der Waals surface area contributed by atoms with E-state index in [1.165, 1.54) is 12.1 Å². The van der Waals surface area contributed by atoms with E-state index in [9.17, 15) is 0 Å². The van der Waals surface area contributed by atoms with Crippen molar-refractivity contribution in [2.45, 2.75) is 25.0 Å². The van der Waals surface area contributed by atoms with Crippen LogP contribution in [0.25, 0.3) is 0 Å². The van der Waals surface area contributed by atoms with Crippen LogP contribution in [0.3, 0.4) is 0 Å². The van der Waals surface area contributed by atoms with Gasteiger partial charge in [0.15, 0.2) is 0 Å². The van der Waals surface area contributed by atoms with Gasteiger partial charge in [-0.15, -0.1) is 0 Å². The Bertz CT molecular complexity index is 413. The Morgan fingerprint density at radius 3 is 2.33 bits per heavy atom. The summed E-state index contributed by atoms with van der Waals surface area (Å²) in [6.07, 6.45) is 3.20. The van der Waals surface area contributed by atoms with Crippen molar-refractivity contribution >= 4 is 21.6 Å². The molecule has 5 heteroatoms. The van der Waals surface area contributed by atoms with Crippen molar-refractivity contribution in [1.29, 1.82) is 0 Å². The number of nitrogens with zero attached hydrogens (tertiary/aromatic N) is 1. The lowest BCUT2D eigenvalue weighted by atomic mass is 10.3. The van der Waals surface area contributed by atoms with E-state index in [-0.39, 0.29) is 1.43 Å². The zero-order chi connectivity index (χ0) is 15.1. The minimum Gasteiger partial charge on any atom is -0.380 e. The monoisotopic (exact) mass is 358 g/mol. The highest BCUT2D eigenvalue weighted by molar-refractivity contribution is 9.10. The topological polar surface area (TPSA) is 33.7 Å². The summed E-state index contributed by atoms with van der Waals surface area (Å²) in [6, 6.07) is 8.44. The van der Waals surface area contributed by atoms with Gasteiger partial charge < -0.3 is 19.7 Å². The lowest BCUT2D eigenvalue weighted by Gasteiger charge is -2.18. The van der Waals surface area contributed by atoms with Gasteiger partial charge in [0.05, 0.1) is 12.2 Å². The molecule has 2 saturated heterocycles. The second-order valence-electron chi connectivity index (χ2n) is 5.42. The Morgan fingerprint density at radius 2 is 1.86 bits per heavy atom. The molecule has 120 valence electrons. The molecule has 0 aliphatic carbocycles. The average Bonchev–Trinajstić information content (AvgIpc) is 3.20. The minimum atomic E-state index is 0. The molecule has 0 saturated carbocycles. The van der Waals surface area contributed by atoms with Crippen molar-refractivity contribution in [2.24, 2.45) is 0 Å². The van der Waals surface area contributed by atoms with Gasteiger partial charge >= 0.3 is 0 Å². The summed E-state index contributed by atoms with van der Waals surface area (Å²) in [7, 11) is 3.55. The molecule has 0 amide bonds. The van der Waals surface area contributed by atoms with Crippen LogP contribution < -0.4 is 10.2 Å². The molecule has 2 unspecified atom stereocenters. The maximum absolute atomic E-state index is 5.34. The number of hydrogen-bond donors (Lipinski definition) is 1. The largest absolute Gasteiger partial charge is 0.380 e. The van der Waals surface area contributed by atoms with E-state index in [4.69, 9.17) is 9.47 Å². The van der Waals surface area contributed by atoms with Crippen molar-refractivity contribution in [3.63, 3.8) is 0 Å². The fraction of sp³-hybridized carbons (Fsp3) is 0.625. The van der Waals surface area contributed by atoms with E-state index in [1.807, 2.05) is 0 Å². The van der Waals surface area contributed by atoms with Crippen LogP contribution in [0, 0.1) is 0 Å². The lowest BCUT2D eigenvalue weighted by molar-refractivity contribution is 0.119. The molecule has 3 rings (SSSR count). The van der Waals surface area contributed by atoms with Crippen LogP contribution in [0.5, 0.6) is 0 Å². The lowest BCUT2D eigenvalue weighted by Crippen LogP contribution is -2.21. The number of hydrogen-bond acceptors (Lipinski definition) is 4. The molecule has 21 heavy (non-hydrogen) atoms. The highest BCUT2D eigenvalue weighted by Gasteiger charge is 2.21. The molecule has 2 heterocycles. The second kappa shape index (κ2) is 8.73. The van der Waals surface area contributed by atoms with Crippen LogP contribution in [-0.4, -0.2) is 52.6 Å². The molecular formula is C16H27BrN2O2. The van der Waals surface area contributed by atoms with Crippen LogP contribution in [0.15, 0.2) is 28.7 Å². The first kappa shape index (κ1) is 16.7. The highest BCUT2D eigenvalue weighted by atomic mass is 79.9. The van der Waals surface area contributed by atoms with E-state index >= 15 is 0 Å². The van der Waals surface area contributed by atoms with E-state index < -0.39 is 0 Å². The summed E-state index contributed by atoms with van der Waals surface area (Å²) >= 11 is 3.44. The molecule has 2 fully saturated rings. The number of ether oxygens (including phenoxy) is 2. The van der Waals surface area contributed by atoms with Gasteiger partial charge in [-0.3, -0.25) is 0 Å². The first-order chi connectivity index (χ1) is 10.2. The first-order valence-electron chi connectivity index (χ1n) is 7.49. The van der Waals surface area contributed by atoms with Gasteiger partial charge in [0.25, 0.3) is 0 Å². The van der Waals surface area contributed by atoms with Crippen LogP contribution in [0.1, 0.15) is 14.3 Å². The third kappa shape index (κ3) is 5.25. The van der Waals surface area contributed by atoms with Crippen LogP contribution >= 0.6 is 15.9 Å². The smallest absolute Gasteiger partial charge is 0.0762 e. The fourth-order valence-corrected chi connectivity index (χ4v) is 2.90. The quantitative estimate of drug-likeness (QED) is 0.900. The molecule has 0 spiro atoms. The number of halogens is 1. The fourth-order valence-electron chi connectivity index (χ4n) is 2.64. The number of methoxy groups -OCH3 is 2. The van der Waals surface area contributed by atoms with E-state index in [0.29, 0.717) is 12.2 Å². The third-order valence-corrected chi connectivity index (χ3v) is 4.55. The Hall–Kier alpha value is -0.620. The van der Waals surface area contributed by atoms with E-state index in [2.05, 4.69) is 50.4 Å². The van der Waals surface area contributed by atoms with Crippen molar-refractivity contribution in [3.8, 4) is 0 Å². The second-order valence-corrected chi connectivity index (χ2v) is 6.34. The van der Waals surface area contributed by atoms with Crippen LogP contribution in [-0.2, 0) is 9.47 Å². The maximum atomic E-state index is 5.34. The standard InChI is InChI=1S/C11H14BrNO.C5H11NO.H2/c1-14-11-6-7-13(8-11)10-4-2-9(12)3-5-10;1-7-5-2-3-6-4-5;/h2-5,11H,6-8H2,1H3;5-6H,2-4H2,1H3;1H. The Labute approximate surface area is 137 Å². The number of benzene rings is 1. The molecule has 0 radical (unpaired) electrons. The Morgan fingerprint density at radius 1 is 1.14 bits per heavy atom. The number of anilines is 1. The van der Waals surface area contributed by atoms with Gasteiger partial charge in [-0.1, -0.05) is 15.9 Å². The normalized spacial score (nSPS) is 24.8. The van der Waals surface area contributed by atoms with Gasteiger partial charge in [-0.05, 0) is 43.7 Å².